The largest absolute Gasteiger partial charge is 0.491 e. The molecule has 0 aromatic heterocycles. The molecular weight excluding hydrogens is 318 g/mol. The molecule has 0 atom stereocenters. The van der Waals surface area contributed by atoms with Crippen LogP contribution in [0.25, 0.3) is 0 Å². The van der Waals surface area contributed by atoms with E-state index in [0.717, 1.165) is 23.8 Å². The third-order valence-corrected chi connectivity index (χ3v) is 4.12. The van der Waals surface area contributed by atoms with Gasteiger partial charge in [-0.25, -0.2) is 4.99 Å². The zero-order chi connectivity index (χ0) is 18.3. The highest BCUT2D eigenvalue weighted by Gasteiger charge is 2.38. The number of aliphatic hydroxyl groups excluding tert-OH is 1. The van der Waals surface area contributed by atoms with Gasteiger partial charge in [0, 0.05) is 18.7 Å². The molecule has 1 fully saturated rings. The van der Waals surface area contributed by atoms with Crippen molar-refractivity contribution in [2.75, 3.05) is 32.9 Å². The summed E-state index contributed by atoms with van der Waals surface area (Å²) in [7, 11) is 0. The van der Waals surface area contributed by atoms with Crippen LogP contribution in [0.4, 0.5) is 0 Å². The number of ether oxygens (including phenoxy) is 2. The van der Waals surface area contributed by atoms with Crippen LogP contribution in [0, 0.1) is 12.3 Å². The fraction of sp³-hybridized carbons (Fsp3) is 0.632. The lowest BCUT2D eigenvalue weighted by Gasteiger charge is -2.40. The number of hydrogen-bond acceptors (Lipinski definition) is 4. The summed E-state index contributed by atoms with van der Waals surface area (Å²) in [6.07, 6.45) is 0.124. The second-order valence-corrected chi connectivity index (χ2v) is 6.98. The molecule has 1 aliphatic heterocycles. The molecule has 2 rings (SSSR count). The number of benzene rings is 1. The predicted octanol–water partition coefficient (Wildman–Crippen LogP) is 1.85. The molecule has 6 heteroatoms. The Balaban J connectivity index is 2.05. The van der Waals surface area contributed by atoms with Crippen molar-refractivity contribution in [3.63, 3.8) is 0 Å². The Kier molecular flexibility index (Phi) is 7.08. The van der Waals surface area contributed by atoms with Crippen molar-refractivity contribution in [2.45, 2.75) is 40.3 Å². The Hall–Kier alpha value is -1.79. The Morgan fingerprint density at radius 1 is 1.36 bits per heavy atom. The number of aliphatic hydroxyl groups is 1. The van der Waals surface area contributed by atoms with Crippen molar-refractivity contribution in [1.29, 1.82) is 0 Å². The fourth-order valence-corrected chi connectivity index (χ4v) is 2.57. The Morgan fingerprint density at radius 3 is 2.68 bits per heavy atom. The smallest absolute Gasteiger partial charge is 0.191 e. The van der Waals surface area contributed by atoms with Gasteiger partial charge >= 0.3 is 0 Å². The maximum Gasteiger partial charge on any atom is 0.191 e. The molecule has 6 nitrogen and oxygen atoms in total. The van der Waals surface area contributed by atoms with Gasteiger partial charge in [-0.15, -0.1) is 0 Å². The molecule has 1 aliphatic rings. The summed E-state index contributed by atoms with van der Waals surface area (Å²) in [6, 6.07) is 6.19. The molecule has 140 valence electrons. The van der Waals surface area contributed by atoms with E-state index in [-0.39, 0.29) is 18.1 Å². The van der Waals surface area contributed by atoms with E-state index >= 15 is 0 Å². The minimum absolute atomic E-state index is 0.115. The van der Waals surface area contributed by atoms with Gasteiger partial charge in [0.15, 0.2) is 5.96 Å². The summed E-state index contributed by atoms with van der Waals surface area (Å²) in [5.41, 5.74) is 2.04. The maximum absolute atomic E-state index is 9.54. The molecule has 0 saturated carbocycles. The quantitative estimate of drug-likeness (QED) is 0.493. The van der Waals surface area contributed by atoms with Crippen LogP contribution < -0.4 is 15.4 Å². The number of nitrogens with one attached hydrogen (secondary N) is 2. The van der Waals surface area contributed by atoms with Gasteiger partial charge in [-0.1, -0.05) is 12.1 Å². The minimum Gasteiger partial charge on any atom is -0.491 e. The van der Waals surface area contributed by atoms with Crippen LogP contribution in [0.3, 0.4) is 0 Å². The lowest BCUT2D eigenvalue weighted by molar-refractivity contribution is -0.132. The molecule has 25 heavy (non-hydrogen) atoms. The summed E-state index contributed by atoms with van der Waals surface area (Å²) in [5, 5.41) is 16.1. The van der Waals surface area contributed by atoms with Crippen LogP contribution in [-0.2, 0) is 11.3 Å². The van der Waals surface area contributed by atoms with Crippen molar-refractivity contribution in [3.8, 4) is 5.75 Å². The number of guanidine groups is 1. The van der Waals surface area contributed by atoms with Crippen molar-refractivity contribution in [1.82, 2.24) is 10.6 Å². The van der Waals surface area contributed by atoms with Gasteiger partial charge in [-0.3, -0.25) is 0 Å². The first-order valence-electron chi connectivity index (χ1n) is 8.95. The number of rotatable bonds is 8. The molecule has 3 N–H and O–H groups in total. The molecule has 0 bridgehead atoms. The van der Waals surface area contributed by atoms with E-state index in [1.54, 1.807) is 0 Å². The normalized spacial score (nSPS) is 16.5. The zero-order valence-electron chi connectivity index (χ0n) is 15.8. The zero-order valence-corrected chi connectivity index (χ0v) is 15.8. The number of aryl methyl sites for hydroxylation is 1. The lowest BCUT2D eigenvalue weighted by atomic mass is 9.87. The van der Waals surface area contributed by atoms with Crippen molar-refractivity contribution in [3.05, 3.63) is 29.3 Å². The minimum atomic E-state index is -0.189. The number of hydrogen-bond donors (Lipinski definition) is 3. The first kappa shape index (κ1) is 19.5. The van der Waals surface area contributed by atoms with Gasteiger partial charge in [0.05, 0.1) is 37.9 Å². The Bertz CT molecular complexity index is 578. The summed E-state index contributed by atoms with van der Waals surface area (Å²) in [4.78, 5) is 4.67. The van der Waals surface area contributed by atoms with E-state index in [1.807, 2.05) is 20.8 Å². The summed E-state index contributed by atoms with van der Waals surface area (Å²) in [5.74, 6) is 1.62. The average molecular weight is 349 g/mol. The molecule has 1 heterocycles. The monoisotopic (exact) mass is 349 g/mol. The van der Waals surface area contributed by atoms with Crippen LogP contribution in [0.5, 0.6) is 5.75 Å². The van der Waals surface area contributed by atoms with Crippen molar-refractivity contribution >= 4 is 5.96 Å². The SMILES string of the molecule is CCNC(=NCc1ccc(C)cc1OC(C)C)NCC1(CO)COC1. The predicted molar refractivity (Wildman–Crippen MR) is 100 cm³/mol. The van der Waals surface area contributed by atoms with Crippen LogP contribution in [0.2, 0.25) is 0 Å². The van der Waals surface area contributed by atoms with E-state index in [9.17, 15) is 5.11 Å². The van der Waals surface area contributed by atoms with E-state index in [1.165, 1.54) is 5.56 Å². The molecule has 0 unspecified atom stereocenters. The van der Waals surface area contributed by atoms with Gasteiger partial charge in [-0.2, -0.15) is 0 Å². The molecule has 1 saturated heterocycles. The molecule has 1 aromatic rings. The molecule has 0 spiro atoms. The number of nitrogens with zero attached hydrogens (tertiary/aromatic N) is 1. The maximum atomic E-state index is 9.54. The third-order valence-electron chi connectivity index (χ3n) is 4.12. The highest BCUT2D eigenvalue weighted by molar-refractivity contribution is 5.79. The van der Waals surface area contributed by atoms with Crippen molar-refractivity contribution in [2.24, 2.45) is 10.4 Å². The first-order valence-corrected chi connectivity index (χ1v) is 8.95. The average Bonchev–Trinajstić information content (AvgIpc) is 2.52. The van der Waals surface area contributed by atoms with E-state index in [4.69, 9.17) is 9.47 Å². The standard InChI is InChI=1S/C19H31N3O3/c1-5-20-18(22-10-19(11-23)12-24-13-19)21-9-16-7-6-15(4)8-17(16)25-14(2)3/h6-8,14,23H,5,9-13H2,1-4H3,(H2,20,21,22). The molecule has 0 amide bonds. The van der Waals surface area contributed by atoms with E-state index < -0.39 is 0 Å². The van der Waals surface area contributed by atoms with Crippen LogP contribution in [0.1, 0.15) is 31.9 Å². The Labute approximate surface area is 150 Å². The molecule has 1 aromatic carbocycles. The van der Waals surface area contributed by atoms with Gasteiger partial charge in [-0.05, 0) is 39.3 Å². The third kappa shape index (κ3) is 5.61. The second-order valence-electron chi connectivity index (χ2n) is 6.98. The summed E-state index contributed by atoms with van der Waals surface area (Å²) in [6.45, 7) is 11.4. The topological polar surface area (TPSA) is 75.1 Å². The first-order chi connectivity index (χ1) is 12.0. The van der Waals surface area contributed by atoms with Gasteiger partial charge in [0.1, 0.15) is 5.75 Å². The Morgan fingerprint density at radius 2 is 2.12 bits per heavy atom. The van der Waals surface area contributed by atoms with Gasteiger partial charge in [0.2, 0.25) is 0 Å². The highest BCUT2D eigenvalue weighted by atomic mass is 16.5. The van der Waals surface area contributed by atoms with Crippen LogP contribution in [0.15, 0.2) is 23.2 Å². The fourth-order valence-electron chi connectivity index (χ4n) is 2.57. The van der Waals surface area contributed by atoms with Crippen molar-refractivity contribution < 1.29 is 14.6 Å². The lowest BCUT2D eigenvalue weighted by Crippen LogP contribution is -2.54. The van der Waals surface area contributed by atoms with Crippen LogP contribution in [-0.4, -0.2) is 50.1 Å². The second kappa shape index (κ2) is 9.06. The molecule has 0 aliphatic carbocycles. The summed E-state index contributed by atoms with van der Waals surface area (Å²) < 4.78 is 11.2. The van der Waals surface area contributed by atoms with Crippen LogP contribution >= 0.6 is 0 Å². The summed E-state index contributed by atoms with van der Waals surface area (Å²) >= 11 is 0. The van der Waals surface area contributed by atoms with Gasteiger partial charge < -0.3 is 25.2 Å². The van der Waals surface area contributed by atoms with Gasteiger partial charge in [0.25, 0.3) is 0 Å². The highest BCUT2D eigenvalue weighted by Crippen LogP contribution is 2.25. The molecule has 0 radical (unpaired) electrons. The van der Waals surface area contributed by atoms with E-state index in [2.05, 4.69) is 40.7 Å². The molecular formula is C19H31N3O3. The number of aliphatic imine (C=N–C) groups is 1. The van der Waals surface area contributed by atoms with E-state index in [0.29, 0.717) is 26.3 Å².